The summed E-state index contributed by atoms with van der Waals surface area (Å²) in [6.45, 7) is 8.45. The normalized spacial score (nSPS) is 25.7. The molecule has 1 N–H and O–H groups in total. The van der Waals surface area contributed by atoms with E-state index in [1.807, 2.05) is 18.3 Å². The van der Waals surface area contributed by atoms with Crippen molar-refractivity contribution in [3.63, 3.8) is 0 Å². The van der Waals surface area contributed by atoms with E-state index in [2.05, 4.69) is 37.1 Å². The summed E-state index contributed by atoms with van der Waals surface area (Å²) in [5, 5.41) is 3.63. The topological polar surface area (TPSA) is 34.1 Å². The van der Waals surface area contributed by atoms with E-state index in [1.165, 1.54) is 0 Å². The van der Waals surface area contributed by atoms with E-state index >= 15 is 0 Å². The van der Waals surface area contributed by atoms with Crippen LogP contribution < -0.4 is 5.32 Å². The van der Waals surface area contributed by atoms with Crippen LogP contribution in [0.15, 0.2) is 24.4 Å². The van der Waals surface area contributed by atoms with Gasteiger partial charge in [-0.2, -0.15) is 0 Å². The summed E-state index contributed by atoms with van der Waals surface area (Å²) in [4.78, 5) is 4.34. The van der Waals surface area contributed by atoms with E-state index in [0.717, 1.165) is 31.7 Å². The number of pyridine rings is 1. The molecule has 0 aliphatic heterocycles. The van der Waals surface area contributed by atoms with Gasteiger partial charge in [0.1, 0.15) is 0 Å². The molecule has 2 unspecified atom stereocenters. The highest BCUT2D eigenvalue weighted by atomic mass is 16.5. The van der Waals surface area contributed by atoms with Crippen LogP contribution in [0.25, 0.3) is 0 Å². The first-order valence-electron chi connectivity index (χ1n) is 6.89. The van der Waals surface area contributed by atoms with Crippen molar-refractivity contribution >= 4 is 0 Å². The van der Waals surface area contributed by atoms with Crippen molar-refractivity contribution in [2.75, 3.05) is 13.2 Å². The molecule has 3 nitrogen and oxygen atoms in total. The zero-order valence-electron chi connectivity index (χ0n) is 11.6. The van der Waals surface area contributed by atoms with Crippen molar-refractivity contribution < 1.29 is 4.74 Å². The smallest absolute Gasteiger partial charge is 0.0655 e. The Balaban J connectivity index is 1.73. The monoisotopic (exact) mass is 248 g/mol. The number of nitrogens with zero attached hydrogens (tertiary/aromatic N) is 1. The van der Waals surface area contributed by atoms with Crippen molar-refractivity contribution in [2.45, 2.75) is 45.8 Å². The molecule has 1 aliphatic carbocycles. The van der Waals surface area contributed by atoms with Crippen LogP contribution in [0.5, 0.6) is 0 Å². The number of ether oxygens (including phenoxy) is 1. The van der Waals surface area contributed by atoms with Gasteiger partial charge in [-0.3, -0.25) is 4.98 Å². The largest absolute Gasteiger partial charge is 0.378 e. The molecule has 100 valence electrons. The minimum Gasteiger partial charge on any atom is -0.378 e. The van der Waals surface area contributed by atoms with E-state index < -0.39 is 0 Å². The van der Waals surface area contributed by atoms with Crippen LogP contribution in [-0.2, 0) is 11.2 Å². The van der Waals surface area contributed by atoms with Crippen molar-refractivity contribution in [3.8, 4) is 0 Å². The molecule has 2 rings (SSSR count). The van der Waals surface area contributed by atoms with Gasteiger partial charge in [0.25, 0.3) is 0 Å². The highest BCUT2D eigenvalue weighted by Crippen LogP contribution is 2.42. The molecule has 18 heavy (non-hydrogen) atoms. The average molecular weight is 248 g/mol. The summed E-state index contributed by atoms with van der Waals surface area (Å²) in [5.74, 6) is 0. The van der Waals surface area contributed by atoms with Gasteiger partial charge in [0.05, 0.1) is 6.10 Å². The van der Waals surface area contributed by atoms with Crippen molar-refractivity contribution in [3.05, 3.63) is 30.1 Å². The van der Waals surface area contributed by atoms with E-state index in [1.54, 1.807) is 0 Å². The zero-order chi connectivity index (χ0) is 13.0. The second kappa shape index (κ2) is 5.81. The summed E-state index contributed by atoms with van der Waals surface area (Å²) >= 11 is 0. The van der Waals surface area contributed by atoms with Crippen molar-refractivity contribution in [1.82, 2.24) is 10.3 Å². The number of hydrogen-bond acceptors (Lipinski definition) is 3. The molecule has 1 aliphatic rings. The van der Waals surface area contributed by atoms with Crippen LogP contribution >= 0.6 is 0 Å². The van der Waals surface area contributed by atoms with Crippen molar-refractivity contribution in [2.24, 2.45) is 5.41 Å². The fraction of sp³-hybridized carbons (Fsp3) is 0.667. The highest BCUT2D eigenvalue weighted by molar-refractivity contribution is 5.06. The van der Waals surface area contributed by atoms with Crippen LogP contribution in [0.2, 0.25) is 0 Å². The lowest BCUT2D eigenvalue weighted by Gasteiger charge is -2.52. The Bertz CT molecular complexity index is 364. The van der Waals surface area contributed by atoms with Gasteiger partial charge in [0.15, 0.2) is 0 Å². The van der Waals surface area contributed by atoms with Crippen LogP contribution in [0.1, 0.15) is 32.9 Å². The van der Waals surface area contributed by atoms with Crippen LogP contribution in [0, 0.1) is 5.41 Å². The van der Waals surface area contributed by atoms with Gasteiger partial charge in [-0.15, -0.1) is 0 Å². The van der Waals surface area contributed by atoms with Gasteiger partial charge in [0, 0.05) is 42.9 Å². The molecule has 1 fully saturated rings. The summed E-state index contributed by atoms with van der Waals surface area (Å²) in [6.07, 6.45) is 4.39. The molecular weight excluding hydrogens is 224 g/mol. The van der Waals surface area contributed by atoms with Crippen LogP contribution in [0.3, 0.4) is 0 Å². The SMILES string of the molecule is CCOC1CC(NCCc2ccccn2)C1(C)C. The fourth-order valence-electron chi connectivity index (χ4n) is 2.64. The zero-order valence-corrected chi connectivity index (χ0v) is 11.6. The first-order valence-corrected chi connectivity index (χ1v) is 6.89. The lowest BCUT2D eigenvalue weighted by molar-refractivity contribution is -0.113. The number of rotatable bonds is 6. The molecule has 0 bridgehead atoms. The number of nitrogens with one attached hydrogen (secondary N) is 1. The summed E-state index contributed by atoms with van der Waals surface area (Å²) in [5.41, 5.74) is 1.41. The minimum absolute atomic E-state index is 0.250. The lowest BCUT2D eigenvalue weighted by atomic mass is 9.64. The van der Waals surface area contributed by atoms with E-state index in [4.69, 9.17) is 4.74 Å². The van der Waals surface area contributed by atoms with Crippen molar-refractivity contribution in [1.29, 1.82) is 0 Å². The maximum atomic E-state index is 5.74. The molecule has 1 saturated carbocycles. The summed E-state index contributed by atoms with van der Waals surface area (Å²) in [6, 6.07) is 6.65. The molecular formula is C15H24N2O. The van der Waals surface area contributed by atoms with Gasteiger partial charge in [0.2, 0.25) is 0 Å². The Morgan fingerprint density at radius 3 is 2.89 bits per heavy atom. The first kappa shape index (κ1) is 13.5. The number of hydrogen-bond donors (Lipinski definition) is 1. The Morgan fingerprint density at radius 1 is 1.44 bits per heavy atom. The quantitative estimate of drug-likeness (QED) is 0.839. The lowest BCUT2D eigenvalue weighted by Crippen LogP contribution is -2.61. The average Bonchev–Trinajstić information content (AvgIpc) is 2.38. The molecule has 0 saturated heterocycles. The molecule has 1 aromatic heterocycles. The maximum absolute atomic E-state index is 5.74. The van der Waals surface area contributed by atoms with Crippen LogP contribution in [-0.4, -0.2) is 30.3 Å². The molecule has 0 spiro atoms. The highest BCUT2D eigenvalue weighted by Gasteiger charge is 2.48. The van der Waals surface area contributed by atoms with Gasteiger partial charge < -0.3 is 10.1 Å². The molecule has 1 aromatic rings. The van der Waals surface area contributed by atoms with Gasteiger partial charge in [-0.1, -0.05) is 19.9 Å². The second-order valence-electron chi connectivity index (χ2n) is 5.58. The molecule has 0 amide bonds. The predicted octanol–water partition coefficient (Wildman–Crippen LogP) is 2.42. The molecule has 3 heteroatoms. The Hall–Kier alpha value is -0.930. The first-order chi connectivity index (χ1) is 8.64. The minimum atomic E-state index is 0.250. The second-order valence-corrected chi connectivity index (χ2v) is 5.58. The van der Waals surface area contributed by atoms with Gasteiger partial charge in [-0.25, -0.2) is 0 Å². The maximum Gasteiger partial charge on any atom is 0.0655 e. The Kier molecular flexibility index (Phi) is 4.36. The predicted molar refractivity (Wildman–Crippen MR) is 73.5 cm³/mol. The summed E-state index contributed by atoms with van der Waals surface area (Å²) < 4.78 is 5.74. The standard InChI is InChI=1S/C15H24N2O/c1-4-18-14-11-13(15(14,2)3)17-10-8-12-7-5-6-9-16-12/h5-7,9,13-14,17H,4,8,10-11H2,1-3H3. The van der Waals surface area contributed by atoms with Crippen LogP contribution in [0.4, 0.5) is 0 Å². The summed E-state index contributed by atoms with van der Waals surface area (Å²) in [7, 11) is 0. The van der Waals surface area contributed by atoms with E-state index in [-0.39, 0.29) is 5.41 Å². The number of aromatic nitrogens is 1. The third kappa shape index (κ3) is 2.90. The third-order valence-corrected chi connectivity index (χ3v) is 4.04. The molecule has 0 radical (unpaired) electrons. The van der Waals surface area contributed by atoms with Gasteiger partial charge in [-0.05, 0) is 25.5 Å². The van der Waals surface area contributed by atoms with E-state index in [0.29, 0.717) is 12.1 Å². The van der Waals surface area contributed by atoms with Gasteiger partial charge >= 0.3 is 0 Å². The van der Waals surface area contributed by atoms with E-state index in [9.17, 15) is 0 Å². The fourth-order valence-corrected chi connectivity index (χ4v) is 2.64. The Labute approximate surface area is 110 Å². The molecule has 2 atom stereocenters. The third-order valence-electron chi connectivity index (χ3n) is 4.04. The Morgan fingerprint density at radius 2 is 2.28 bits per heavy atom. The molecule has 0 aromatic carbocycles. The molecule has 1 heterocycles.